The molecule has 4 aromatic rings. The van der Waals surface area contributed by atoms with Gasteiger partial charge in [-0.1, -0.05) is 36.4 Å². The predicted molar refractivity (Wildman–Crippen MR) is 132 cm³/mol. The van der Waals surface area contributed by atoms with Crippen molar-refractivity contribution in [3.05, 3.63) is 65.3 Å². The molecule has 2 aromatic heterocycles. The Bertz CT molecular complexity index is 1240. The van der Waals surface area contributed by atoms with Crippen molar-refractivity contribution in [2.24, 2.45) is 0 Å². The smallest absolute Gasteiger partial charge is 0.224 e. The monoisotopic (exact) mass is 446 g/mol. The average Bonchev–Trinajstić information content (AvgIpc) is 3.14. The Morgan fingerprint density at radius 2 is 1.91 bits per heavy atom. The standard InChI is InChI=1S/C25H26N4O2S/c1-16-11-12-20(31-3)19(14-16)29-21(30)10-7-13-26-24-23-22(18-8-5-4-6-9-18)17(2)32-25(23)28-15-27-24/h4-6,8-9,11-12,14-15H,7,10,13H2,1-3H3,(H,29,30)(H,26,27,28). The zero-order valence-electron chi connectivity index (χ0n) is 18.4. The van der Waals surface area contributed by atoms with Crippen LogP contribution >= 0.6 is 11.3 Å². The van der Waals surface area contributed by atoms with Crippen molar-refractivity contribution in [1.29, 1.82) is 0 Å². The Morgan fingerprint density at radius 1 is 1.09 bits per heavy atom. The first-order valence-corrected chi connectivity index (χ1v) is 11.4. The number of amides is 1. The average molecular weight is 447 g/mol. The zero-order valence-corrected chi connectivity index (χ0v) is 19.3. The maximum absolute atomic E-state index is 12.4. The van der Waals surface area contributed by atoms with E-state index < -0.39 is 0 Å². The maximum Gasteiger partial charge on any atom is 0.224 e. The van der Waals surface area contributed by atoms with E-state index in [0.29, 0.717) is 30.8 Å². The van der Waals surface area contributed by atoms with Crippen molar-refractivity contribution in [2.75, 3.05) is 24.3 Å². The van der Waals surface area contributed by atoms with Crippen LogP contribution in [0.15, 0.2) is 54.9 Å². The number of nitrogens with one attached hydrogen (secondary N) is 2. The fourth-order valence-electron chi connectivity index (χ4n) is 3.72. The van der Waals surface area contributed by atoms with Crippen LogP contribution in [-0.4, -0.2) is 29.5 Å². The molecule has 0 radical (unpaired) electrons. The third-order valence-corrected chi connectivity index (χ3v) is 6.24. The van der Waals surface area contributed by atoms with E-state index in [-0.39, 0.29) is 5.91 Å². The van der Waals surface area contributed by atoms with Gasteiger partial charge < -0.3 is 15.4 Å². The molecule has 164 valence electrons. The molecule has 2 N–H and O–H groups in total. The number of fused-ring (bicyclic) bond motifs is 1. The zero-order chi connectivity index (χ0) is 22.5. The maximum atomic E-state index is 12.4. The fourth-order valence-corrected chi connectivity index (χ4v) is 4.73. The number of methoxy groups -OCH3 is 1. The summed E-state index contributed by atoms with van der Waals surface area (Å²) in [7, 11) is 1.60. The van der Waals surface area contributed by atoms with Crippen LogP contribution in [0.5, 0.6) is 5.75 Å². The summed E-state index contributed by atoms with van der Waals surface area (Å²) < 4.78 is 5.33. The van der Waals surface area contributed by atoms with E-state index in [1.165, 1.54) is 4.88 Å². The molecule has 2 heterocycles. The number of aromatic nitrogens is 2. The van der Waals surface area contributed by atoms with Crippen LogP contribution in [0.25, 0.3) is 21.3 Å². The van der Waals surface area contributed by atoms with Crippen LogP contribution in [0.3, 0.4) is 0 Å². The van der Waals surface area contributed by atoms with Crippen molar-refractivity contribution in [3.8, 4) is 16.9 Å². The molecular formula is C25H26N4O2S. The highest BCUT2D eigenvalue weighted by Gasteiger charge is 2.16. The SMILES string of the molecule is COc1ccc(C)cc1NC(=O)CCCNc1ncnc2sc(C)c(-c3ccccc3)c12. The second-order valence-corrected chi connectivity index (χ2v) is 8.79. The molecule has 0 aliphatic rings. The summed E-state index contributed by atoms with van der Waals surface area (Å²) in [5.41, 5.74) is 4.08. The Hall–Kier alpha value is -3.45. The van der Waals surface area contributed by atoms with Gasteiger partial charge in [-0.2, -0.15) is 0 Å². The summed E-state index contributed by atoms with van der Waals surface area (Å²) in [5, 5.41) is 7.40. The second-order valence-electron chi connectivity index (χ2n) is 7.58. The van der Waals surface area contributed by atoms with E-state index in [4.69, 9.17) is 4.74 Å². The van der Waals surface area contributed by atoms with Gasteiger partial charge in [0.15, 0.2) is 0 Å². The highest BCUT2D eigenvalue weighted by atomic mass is 32.1. The largest absolute Gasteiger partial charge is 0.495 e. The van der Waals surface area contributed by atoms with Crippen molar-refractivity contribution < 1.29 is 9.53 Å². The van der Waals surface area contributed by atoms with Gasteiger partial charge in [0, 0.05) is 23.4 Å². The molecule has 0 aliphatic carbocycles. The Kier molecular flexibility index (Phi) is 6.66. The van der Waals surface area contributed by atoms with E-state index in [1.807, 2.05) is 43.3 Å². The summed E-state index contributed by atoms with van der Waals surface area (Å²) in [6.45, 7) is 4.73. The molecule has 0 saturated heterocycles. The highest BCUT2D eigenvalue weighted by molar-refractivity contribution is 7.19. The van der Waals surface area contributed by atoms with Gasteiger partial charge in [0.05, 0.1) is 18.2 Å². The number of carbonyl (C=O) groups excluding carboxylic acids is 1. The minimum atomic E-state index is -0.0418. The lowest BCUT2D eigenvalue weighted by Crippen LogP contribution is -2.14. The van der Waals surface area contributed by atoms with Crippen LogP contribution in [0.1, 0.15) is 23.3 Å². The van der Waals surface area contributed by atoms with Crippen molar-refractivity contribution in [3.63, 3.8) is 0 Å². The number of anilines is 2. The van der Waals surface area contributed by atoms with Gasteiger partial charge in [0.1, 0.15) is 22.7 Å². The first-order chi connectivity index (χ1) is 15.6. The number of ether oxygens (including phenoxy) is 1. The lowest BCUT2D eigenvalue weighted by atomic mass is 10.0. The summed E-state index contributed by atoms with van der Waals surface area (Å²) in [6, 6.07) is 16.0. The third kappa shape index (κ3) is 4.73. The normalized spacial score (nSPS) is 10.8. The van der Waals surface area contributed by atoms with Crippen LogP contribution in [0.4, 0.5) is 11.5 Å². The topological polar surface area (TPSA) is 76.1 Å². The second kappa shape index (κ2) is 9.78. The Morgan fingerprint density at radius 3 is 2.69 bits per heavy atom. The molecule has 0 bridgehead atoms. The first-order valence-electron chi connectivity index (χ1n) is 10.5. The van der Waals surface area contributed by atoms with Crippen LogP contribution < -0.4 is 15.4 Å². The summed E-state index contributed by atoms with van der Waals surface area (Å²) >= 11 is 1.67. The number of aryl methyl sites for hydroxylation is 2. The molecule has 2 aromatic carbocycles. The van der Waals surface area contributed by atoms with Crippen LogP contribution in [0, 0.1) is 13.8 Å². The van der Waals surface area contributed by atoms with Gasteiger partial charge in [-0.3, -0.25) is 4.79 Å². The molecule has 7 heteroatoms. The van der Waals surface area contributed by atoms with Crippen molar-refractivity contribution >= 4 is 39.0 Å². The molecule has 0 fully saturated rings. The van der Waals surface area contributed by atoms with Crippen LogP contribution in [-0.2, 0) is 4.79 Å². The highest BCUT2D eigenvalue weighted by Crippen LogP contribution is 2.40. The number of rotatable bonds is 8. The van der Waals surface area contributed by atoms with E-state index >= 15 is 0 Å². The summed E-state index contributed by atoms with van der Waals surface area (Å²) in [4.78, 5) is 23.6. The number of nitrogens with zero attached hydrogens (tertiary/aromatic N) is 2. The third-order valence-electron chi connectivity index (χ3n) is 5.23. The van der Waals surface area contributed by atoms with E-state index in [2.05, 4.69) is 39.7 Å². The number of carbonyl (C=O) groups is 1. The van der Waals surface area contributed by atoms with Gasteiger partial charge in [-0.15, -0.1) is 11.3 Å². The fraction of sp³-hybridized carbons (Fsp3) is 0.240. The van der Waals surface area contributed by atoms with Crippen molar-refractivity contribution in [1.82, 2.24) is 9.97 Å². The Labute approximate surface area is 191 Å². The number of benzene rings is 2. The lowest BCUT2D eigenvalue weighted by molar-refractivity contribution is -0.116. The predicted octanol–water partition coefficient (Wildman–Crippen LogP) is 5.81. The molecule has 0 atom stereocenters. The van der Waals surface area contributed by atoms with Crippen LogP contribution in [0.2, 0.25) is 0 Å². The van der Waals surface area contributed by atoms with Gasteiger partial charge in [0.25, 0.3) is 0 Å². The number of thiophene rings is 1. The van der Waals surface area contributed by atoms with Gasteiger partial charge >= 0.3 is 0 Å². The molecule has 6 nitrogen and oxygen atoms in total. The summed E-state index contributed by atoms with van der Waals surface area (Å²) in [6.07, 6.45) is 2.66. The lowest BCUT2D eigenvalue weighted by Gasteiger charge is -2.12. The first kappa shape index (κ1) is 21.8. The van der Waals surface area contributed by atoms with Gasteiger partial charge in [-0.25, -0.2) is 9.97 Å². The minimum absolute atomic E-state index is 0.0418. The van der Waals surface area contributed by atoms with Gasteiger partial charge in [0.2, 0.25) is 5.91 Å². The van der Waals surface area contributed by atoms with E-state index in [1.54, 1.807) is 24.8 Å². The molecule has 0 saturated carbocycles. The molecule has 0 aliphatic heterocycles. The molecule has 32 heavy (non-hydrogen) atoms. The van der Waals surface area contributed by atoms with E-state index in [0.717, 1.165) is 32.7 Å². The Balaban J connectivity index is 1.42. The van der Waals surface area contributed by atoms with E-state index in [9.17, 15) is 4.79 Å². The number of hydrogen-bond donors (Lipinski definition) is 2. The molecule has 0 spiro atoms. The summed E-state index contributed by atoms with van der Waals surface area (Å²) in [5.74, 6) is 1.42. The quantitative estimate of drug-likeness (QED) is 0.334. The number of hydrogen-bond acceptors (Lipinski definition) is 6. The molecular weight excluding hydrogens is 420 g/mol. The molecule has 4 rings (SSSR count). The van der Waals surface area contributed by atoms with Crippen molar-refractivity contribution in [2.45, 2.75) is 26.7 Å². The molecule has 1 amide bonds. The van der Waals surface area contributed by atoms with Gasteiger partial charge in [-0.05, 0) is 43.5 Å². The minimum Gasteiger partial charge on any atom is -0.495 e. The molecule has 0 unspecified atom stereocenters.